The van der Waals surface area contributed by atoms with Crippen molar-refractivity contribution >= 4 is 21.6 Å². The molecule has 1 N–H and O–H groups in total. The summed E-state index contributed by atoms with van der Waals surface area (Å²) in [4.78, 5) is 12.8. The van der Waals surface area contributed by atoms with Gasteiger partial charge in [0.15, 0.2) is 0 Å². The Morgan fingerprint density at radius 3 is 2.43 bits per heavy atom. The highest BCUT2D eigenvalue weighted by Gasteiger charge is 2.34. The first-order chi connectivity index (χ1) is 13.0. The van der Waals surface area contributed by atoms with Crippen LogP contribution in [0.2, 0.25) is 0 Å². The summed E-state index contributed by atoms with van der Waals surface area (Å²) in [6, 6.07) is 12.3. The molecule has 1 aliphatic heterocycles. The Morgan fingerprint density at radius 1 is 1.18 bits per heavy atom. The number of hydrogen-bond acceptors (Lipinski definition) is 4. The van der Waals surface area contributed by atoms with Crippen molar-refractivity contribution in [3.63, 3.8) is 0 Å². The number of rotatable bonds is 4. The topological polar surface area (TPSA) is 75.7 Å². The monoisotopic (exact) mass is 402 g/mol. The first-order valence-corrected chi connectivity index (χ1v) is 11.0. The van der Waals surface area contributed by atoms with E-state index >= 15 is 0 Å². The standard InChI is InChI=1S/C21H26N2O4S/c1-14-6-11-19-17(12-14)18(13-21(2,3)27-19)22-20(24)15-7-9-16(10-8-15)23(4)28(5,25)26/h6-12,18H,13H2,1-5H3,(H,22,24)/t18-/m1/s1. The minimum absolute atomic E-state index is 0.162. The van der Waals surface area contributed by atoms with Crippen molar-refractivity contribution in [1.82, 2.24) is 5.32 Å². The summed E-state index contributed by atoms with van der Waals surface area (Å²) in [6.07, 6.45) is 1.80. The molecule has 0 unspecified atom stereocenters. The number of aryl methyl sites for hydroxylation is 1. The number of nitrogens with zero attached hydrogens (tertiary/aromatic N) is 1. The molecule has 3 rings (SSSR count). The third kappa shape index (κ3) is 4.30. The predicted molar refractivity (Wildman–Crippen MR) is 110 cm³/mol. The summed E-state index contributed by atoms with van der Waals surface area (Å²) in [7, 11) is -1.86. The lowest BCUT2D eigenvalue weighted by atomic mass is 9.88. The van der Waals surface area contributed by atoms with Gasteiger partial charge in [-0.1, -0.05) is 17.7 Å². The number of nitrogens with one attached hydrogen (secondary N) is 1. The number of fused-ring (bicyclic) bond motifs is 1. The average molecular weight is 403 g/mol. The Hall–Kier alpha value is -2.54. The maximum absolute atomic E-state index is 12.8. The van der Waals surface area contributed by atoms with Gasteiger partial charge in [-0.3, -0.25) is 9.10 Å². The molecule has 6 nitrogen and oxygen atoms in total. The highest BCUT2D eigenvalue weighted by atomic mass is 32.2. The molecular formula is C21H26N2O4S. The molecule has 0 bridgehead atoms. The molecule has 0 spiro atoms. The van der Waals surface area contributed by atoms with Crippen molar-refractivity contribution in [2.45, 2.75) is 38.8 Å². The van der Waals surface area contributed by atoms with Crippen molar-refractivity contribution in [2.24, 2.45) is 0 Å². The summed E-state index contributed by atoms with van der Waals surface area (Å²) in [5, 5.41) is 3.10. The Morgan fingerprint density at radius 2 is 1.82 bits per heavy atom. The van der Waals surface area contributed by atoms with Crippen LogP contribution in [0.4, 0.5) is 5.69 Å². The minimum Gasteiger partial charge on any atom is -0.487 e. The summed E-state index contributed by atoms with van der Waals surface area (Å²) in [5.74, 6) is 0.584. The van der Waals surface area contributed by atoms with Gasteiger partial charge >= 0.3 is 0 Å². The highest BCUT2D eigenvalue weighted by Crippen LogP contribution is 2.40. The largest absolute Gasteiger partial charge is 0.487 e. The van der Waals surface area contributed by atoms with Gasteiger partial charge in [0.1, 0.15) is 11.4 Å². The zero-order chi connectivity index (χ0) is 20.7. The Kier molecular flexibility index (Phi) is 5.14. The SMILES string of the molecule is Cc1ccc2c(c1)[C@H](NC(=O)c1ccc(N(C)S(C)(=O)=O)cc1)CC(C)(C)O2. The first kappa shape index (κ1) is 20.2. The van der Waals surface area contributed by atoms with E-state index < -0.39 is 10.0 Å². The van der Waals surface area contributed by atoms with E-state index in [4.69, 9.17) is 4.74 Å². The molecule has 150 valence electrons. The van der Waals surface area contributed by atoms with Crippen molar-refractivity contribution < 1.29 is 17.9 Å². The van der Waals surface area contributed by atoms with Gasteiger partial charge in [-0.25, -0.2) is 8.42 Å². The minimum atomic E-state index is -3.34. The number of amides is 1. The van der Waals surface area contributed by atoms with E-state index in [0.717, 1.165) is 23.1 Å². The van der Waals surface area contributed by atoms with Crippen molar-refractivity contribution in [3.8, 4) is 5.75 Å². The normalized spacial score (nSPS) is 18.0. The van der Waals surface area contributed by atoms with Crippen LogP contribution in [0.15, 0.2) is 42.5 Å². The van der Waals surface area contributed by atoms with Crippen LogP contribution in [0.25, 0.3) is 0 Å². The molecular weight excluding hydrogens is 376 g/mol. The number of benzene rings is 2. The quantitative estimate of drug-likeness (QED) is 0.850. The third-order valence-corrected chi connectivity index (χ3v) is 6.12. The first-order valence-electron chi connectivity index (χ1n) is 9.11. The number of carbonyl (C=O) groups excluding carboxylic acids is 1. The Labute approximate surface area is 166 Å². The maximum atomic E-state index is 12.8. The predicted octanol–water partition coefficient (Wildman–Crippen LogP) is 3.42. The number of ether oxygens (including phenoxy) is 1. The van der Waals surface area contributed by atoms with Crippen LogP contribution in [0, 0.1) is 6.92 Å². The summed E-state index contributed by atoms with van der Waals surface area (Å²) >= 11 is 0. The Bertz CT molecular complexity index is 998. The van der Waals surface area contributed by atoms with E-state index in [1.807, 2.05) is 39.0 Å². The number of anilines is 1. The Balaban J connectivity index is 1.82. The summed E-state index contributed by atoms with van der Waals surface area (Å²) in [5.41, 5.74) is 2.68. The lowest BCUT2D eigenvalue weighted by Crippen LogP contribution is -2.41. The van der Waals surface area contributed by atoms with Crippen LogP contribution in [0.1, 0.15) is 47.8 Å². The summed E-state index contributed by atoms with van der Waals surface area (Å²) < 4.78 is 30.5. The molecule has 1 aliphatic rings. The lowest BCUT2D eigenvalue weighted by Gasteiger charge is -2.38. The molecule has 28 heavy (non-hydrogen) atoms. The van der Waals surface area contributed by atoms with Crippen molar-refractivity contribution in [2.75, 3.05) is 17.6 Å². The van der Waals surface area contributed by atoms with E-state index in [-0.39, 0.29) is 17.6 Å². The zero-order valence-electron chi connectivity index (χ0n) is 16.8. The number of sulfonamides is 1. The van der Waals surface area contributed by atoms with Crippen LogP contribution in [-0.2, 0) is 10.0 Å². The van der Waals surface area contributed by atoms with E-state index in [9.17, 15) is 13.2 Å². The van der Waals surface area contributed by atoms with Crippen LogP contribution >= 0.6 is 0 Å². The van der Waals surface area contributed by atoms with Gasteiger partial charge in [-0.15, -0.1) is 0 Å². The van der Waals surface area contributed by atoms with Gasteiger partial charge in [0, 0.05) is 24.6 Å². The lowest BCUT2D eigenvalue weighted by molar-refractivity contribution is 0.0619. The fourth-order valence-corrected chi connectivity index (χ4v) is 3.86. The average Bonchev–Trinajstić information content (AvgIpc) is 2.60. The molecule has 0 saturated heterocycles. The van der Waals surface area contributed by atoms with Gasteiger partial charge in [0.25, 0.3) is 5.91 Å². The third-order valence-electron chi connectivity index (χ3n) is 4.92. The number of carbonyl (C=O) groups is 1. The fraction of sp³-hybridized carbons (Fsp3) is 0.381. The summed E-state index contributed by atoms with van der Waals surface area (Å²) in [6.45, 7) is 6.02. The second kappa shape index (κ2) is 7.13. The molecule has 0 radical (unpaired) electrons. The van der Waals surface area contributed by atoms with Crippen LogP contribution < -0.4 is 14.4 Å². The van der Waals surface area contributed by atoms with Gasteiger partial charge in [-0.2, -0.15) is 0 Å². The number of hydrogen-bond donors (Lipinski definition) is 1. The van der Waals surface area contributed by atoms with E-state index in [2.05, 4.69) is 5.32 Å². The molecule has 1 heterocycles. The van der Waals surface area contributed by atoms with E-state index in [0.29, 0.717) is 17.7 Å². The molecule has 2 aromatic carbocycles. The molecule has 0 saturated carbocycles. The molecule has 1 atom stereocenters. The second-order valence-corrected chi connectivity index (χ2v) is 9.92. The molecule has 0 aromatic heterocycles. The van der Waals surface area contributed by atoms with Crippen molar-refractivity contribution in [3.05, 3.63) is 59.2 Å². The molecule has 2 aromatic rings. The van der Waals surface area contributed by atoms with Gasteiger partial charge in [0.05, 0.1) is 18.0 Å². The van der Waals surface area contributed by atoms with Crippen LogP contribution in [0.5, 0.6) is 5.75 Å². The molecule has 1 amide bonds. The van der Waals surface area contributed by atoms with E-state index in [1.54, 1.807) is 24.3 Å². The van der Waals surface area contributed by atoms with Gasteiger partial charge in [-0.05, 0) is 51.1 Å². The van der Waals surface area contributed by atoms with Crippen LogP contribution in [-0.4, -0.2) is 33.2 Å². The maximum Gasteiger partial charge on any atom is 0.251 e. The highest BCUT2D eigenvalue weighted by molar-refractivity contribution is 7.92. The van der Waals surface area contributed by atoms with E-state index in [1.165, 1.54) is 11.4 Å². The van der Waals surface area contributed by atoms with Crippen molar-refractivity contribution in [1.29, 1.82) is 0 Å². The van der Waals surface area contributed by atoms with Crippen LogP contribution in [0.3, 0.4) is 0 Å². The second-order valence-electron chi connectivity index (χ2n) is 7.91. The molecule has 0 fully saturated rings. The molecule has 7 heteroatoms. The van der Waals surface area contributed by atoms with Gasteiger partial charge in [0.2, 0.25) is 10.0 Å². The smallest absolute Gasteiger partial charge is 0.251 e. The fourth-order valence-electron chi connectivity index (χ4n) is 3.36. The molecule has 0 aliphatic carbocycles. The zero-order valence-corrected chi connectivity index (χ0v) is 17.6. The van der Waals surface area contributed by atoms with Gasteiger partial charge < -0.3 is 10.1 Å².